The van der Waals surface area contributed by atoms with E-state index < -0.39 is 12.6 Å². The van der Waals surface area contributed by atoms with Gasteiger partial charge in [0.25, 0.3) is 0 Å². The molecule has 0 aliphatic carbocycles. The largest absolute Gasteiger partial charge is 0.462 e. The number of rotatable bonds is 6. The second kappa shape index (κ2) is 7.46. The van der Waals surface area contributed by atoms with Crippen LogP contribution in [-0.4, -0.2) is 49.2 Å². The van der Waals surface area contributed by atoms with Gasteiger partial charge in [-0.05, 0) is 0 Å². The third-order valence-corrected chi connectivity index (χ3v) is 0.855. The maximum atomic E-state index is 10.3. The van der Waals surface area contributed by atoms with Crippen LogP contribution in [0.5, 0.6) is 0 Å². The molecule has 0 atom stereocenters. The van der Waals surface area contributed by atoms with Gasteiger partial charge in [-0.1, -0.05) is 0 Å². The predicted molar refractivity (Wildman–Crippen MR) is 35.9 cm³/mol. The lowest BCUT2D eigenvalue weighted by molar-refractivity contribution is -0.148. The van der Waals surface area contributed by atoms with Gasteiger partial charge in [0.2, 0.25) is 0 Å². The summed E-state index contributed by atoms with van der Waals surface area (Å²) in [4.78, 5) is 10.3. The number of aliphatic hydroxyl groups excluding tert-OH is 2. The van der Waals surface area contributed by atoms with Gasteiger partial charge in [0, 0.05) is 0 Å². The fourth-order valence-corrected chi connectivity index (χ4v) is 0.427. The summed E-state index contributed by atoms with van der Waals surface area (Å²) in [5.41, 5.74) is 0. The van der Waals surface area contributed by atoms with Crippen LogP contribution in [0, 0.1) is 0 Å². The van der Waals surface area contributed by atoms with Gasteiger partial charge in [0.1, 0.15) is 13.2 Å². The molecule has 11 heavy (non-hydrogen) atoms. The van der Waals surface area contributed by atoms with E-state index in [1.807, 2.05) is 0 Å². The minimum Gasteiger partial charge on any atom is -0.462 e. The Labute approximate surface area is 64.5 Å². The van der Waals surface area contributed by atoms with Crippen LogP contribution >= 0.6 is 0 Å². The first-order valence-electron chi connectivity index (χ1n) is 3.26. The lowest BCUT2D eigenvalue weighted by Gasteiger charge is -2.02. The predicted octanol–water partition coefficient (Wildman–Crippen LogP) is -1.47. The minimum absolute atomic E-state index is 0.0477. The molecule has 0 heterocycles. The highest BCUT2D eigenvalue weighted by molar-refractivity contribution is 5.70. The summed E-state index contributed by atoms with van der Waals surface area (Å²) >= 11 is 0. The molecule has 5 nitrogen and oxygen atoms in total. The molecule has 0 spiro atoms. The normalized spacial score (nSPS) is 9.64. The molecule has 0 aliphatic rings. The SMILES string of the molecule is O=C(CO)OCCOCCO. The Bertz CT molecular complexity index is 103. The van der Waals surface area contributed by atoms with Gasteiger partial charge in [-0.2, -0.15) is 0 Å². The van der Waals surface area contributed by atoms with Crippen molar-refractivity contribution in [3.63, 3.8) is 0 Å². The standard InChI is InChI=1S/C6H12O5/c7-1-2-10-3-4-11-6(9)5-8/h7-8H,1-5H2. The van der Waals surface area contributed by atoms with E-state index >= 15 is 0 Å². The van der Waals surface area contributed by atoms with Crippen LogP contribution in [0.2, 0.25) is 0 Å². The summed E-state index contributed by atoms with van der Waals surface area (Å²) in [6.45, 7) is -0.0731. The average molecular weight is 164 g/mol. The number of hydrogen-bond acceptors (Lipinski definition) is 5. The molecule has 66 valence electrons. The summed E-state index contributed by atoms with van der Waals surface area (Å²) in [7, 11) is 0. The van der Waals surface area contributed by atoms with Gasteiger partial charge in [-0.3, -0.25) is 0 Å². The Hall–Kier alpha value is -0.650. The monoisotopic (exact) mass is 164 g/mol. The third-order valence-electron chi connectivity index (χ3n) is 0.855. The van der Waals surface area contributed by atoms with Gasteiger partial charge in [-0.15, -0.1) is 0 Å². The molecule has 0 unspecified atom stereocenters. The van der Waals surface area contributed by atoms with E-state index in [9.17, 15) is 4.79 Å². The molecule has 0 saturated carbocycles. The van der Waals surface area contributed by atoms with Crippen molar-refractivity contribution in [2.75, 3.05) is 33.0 Å². The van der Waals surface area contributed by atoms with Crippen molar-refractivity contribution in [3.05, 3.63) is 0 Å². The molecule has 0 amide bonds. The van der Waals surface area contributed by atoms with Crippen LogP contribution < -0.4 is 0 Å². The first-order chi connectivity index (χ1) is 5.31. The van der Waals surface area contributed by atoms with Crippen LogP contribution in [0.4, 0.5) is 0 Å². The first kappa shape index (κ1) is 10.3. The molecule has 0 aliphatic heterocycles. The number of hydrogen-bond donors (Lipinski definition) is 2. The van der Waals surface area contributed by atoms with E-state index in [2.05, 4.69) is 4.74 Å². The highest BCUT2D eigenvalue weighted by Gasteiger charge is 1.97. The zero-order chi connectivity index (χ0) is 8.53. The first-order valence-corrected chi connectivity index (χ1v) is 3.26. The molecule has 0 bridgehead atoms. The molecule has 0 saturated heterocycles. The van der Waals surface area contributed by atoms with Crippen LogP contribution in [0.15, 0.2) is 0 Å². The van der Waals surface area contributed by atoms with E-state index in [0.717, 1.165) is 0 Å². The fourth-order valence-electron chi connectivity index (χ4n) is 0.427. The molecule has 0 aromatic heterocycles. The Morgan fingerprint density at radius 1 is 1.18 bits per heavy atom. The quantitative estimate of drug-likeness (QED) is 0.370. The van der Waals surface area contributed by atoms with Crippen molar-refractivity contribution < 1.29 is 24.5 Å². The maximum absolute atomic E-state index is 10.3. The van der Waals surface area contributed by atoms with Crippen LogP contribution in [0.25, 0.3) is 0 Å². The fraction of sp³-hybridized carbons (Fsp3) is 0.833. The Balaban J connectivity index is 2.95. The molecule has 0 fully saturated rings. The highest BCUT2D eigenvalue weighted by Crippen LogP contribution is 1.78. The Morgan fingerprint density at radius 3 is 2.45 bits per heavy atom. The van der Waals surface area contributed by atoms with Crippen molar-refractivity contribution in [2.24, 2.45) is 0 Å². The number of ether oxygens (including phenoxy) is 2. The Morgan fingerprint density at radius 2 is 1.91 bits per heavy atom. The summed E-state index contributed by atoms with van der Waals surface area (Å²) in [5.74, 6) is -0.669. The molecule has 2 N–H and O–H groups in total. The zero-order valence-corrected chi connectivity index (χ0v) is 6.15. The molecule has 0 radical (unpaired) electrons. The lowest BCUT2D eigenvalue weighted by Crippen LogP contribution is -2.14. The maximum Gasteiger partial charge on any atom is 0.331 e. The van der Waals surface area contributed by atoms with Gasteiger partial charge in [0.15, 0.2) is 0 Å². The van der Waals surface area contributed by atoms with Gasteiger partial charge < -0.3 is 19.7 Å². The molecular weight excluding hydrogens is 152 g/mol. The summed E-state index contributed by atoms with van der Waals surface area (Å²) in [6.07, 6.45) is 0. The van der Waals surface area contributed by atoms with E-state index in [4.69, 9.17) is 14.9 Å². The molecular formula is C6H12O5. The van der Waals surface area contributed by atoms with Crippen molar-refractivity contribution in [3.8, 4) is 0 Å². The van der Waals surface area contributed by atoms with Crippen molar-refractivity contribution in [2.45, 2.75) is 0 Å². The van der Waals surface area contributed by atoms with Crippen molar-refractivity contribution in [1.82, 2.24) is 0 Å². The number of carbonyl (C=O) groups is 1. The van der Waals surface area contributed by atoms with E-state index in [-0.39, 0.29) is 26.4 Å². The molecule has 5 heteroatoms. The van der Waals surface area contributed by atoms with Gasteiger partial charge in [-0.25, -0.2) is 4.79 Å². The molecule has 0 aromatic rings. The van der Waals surface area contributed by atoms with E-state index in [0.29, 0.717) is 0 Å². The van der Waals surface area contributed by atoms with Crippen LogP contribution in [0.1, 0.15) is 0 Å². The summed E-state index contributed by atoms with van der Waals surface area (Å²) in [5, 5.41) is 16.4. The third kappa shape index (κ3) is 7.24. The topological polar surface area (TPSA) is 76.0 Å². The number of esters is 1. The van der Waals surface area contributed by atoms with Gasteiger partial charge in [0.05, 0.1) is 19.8 Å². The average Bonchev–Trinajstić information content (AvgIpc) is 2.04. The second-order valence-electron chi connectivity index (χ2n) is 1.71. The van der Waals surface area contributed by atoms with E-state index in [1.54, 1.807) is 0 Å². The van der Waals surface area contributed by atoms with Gasteiger partial charge >= 0.3 is 5.97 Å². The molecule has 0 aromatic carbocycles. The minimum atomic E-state index is -0.669. The second-order valence-corrected chi connectivity index (χ2v) is 1.71. The van der Waals surface area contributed by atoms with E-state index in [1.165, 1.54) is 0 Å². The zero-order valence-electron chi connectivity index (χ0n) is 6.15. The molecule has 0 rings (SSSR count). The summed E-state index contributed by atoms with van der Waals surface area (Å²) < 4.78 is 9.21. The van der Waals surface area contributed by atoms with Crippen molar-refractivity contribution >= 4 is 5.97 Å². The van der Waals surface area contributed by atoms with Crippen LogP contribution in [-0.2, 0) is 14.3 Å². The lowest BCUT2D eigenvalue weighted by atomic mass is 10.7. The smallest absolute Gasteiger partial charge is 0.331 e. The van der Waals surface area contributed by atoms with Crippen LogP contribution in [0.3, 0.4) is 0 Å². The highest BCUT2D eigenvalue weighted by atomic mass is 16.6. The number of carbonyl (C=O) groups excluding carboxylic acids is 1. The number of aliphatic hydroxyl groups is 2. The summed E-state index contributed by atoms with van der Waals surface area (Å²) in [6, 6.07) is 0. The Kier molecular flexibility index (Phi) is 7.02. The van der Waals surface area contributed by atoms with Crippen molar-refractivity contribution in [1.29, 1.82) is 0 Å².